The van der Waals surface area contributed by atoms with Crippen molar-refractivity contribution in [2.75, 3.05) is 0 Å². The van der Waals surface area contributed by atoms with E-state index in [1.165, 1.54) is 0 Å². The largest absolute Gasteiger partial charge is 0.481 e. The van der Waals surface area contributed by atoms with E-state index in [2.05, 4.69) is 10.9 Å². The summed E-state index contributed by atoms with van der Waals surface area (Å²) in [7, 11) is 0. The molecule has 0 heterocycles. The summed E-state index contributed by atoms with van der Waals surface area (Å²) in [6.07, 6.45) is 2.64. The van der Waals surface area contributed by atoms with Crippen LogP contribution in [0.5, 0.6) is 0 Å². The third kappa shape index (κ3) is 3.38. The predicted molar refractivity (Wildman–Crippen MR) is 86.9 cm³/mol. The highest BCUT2D eigenvalue weighted by molar-refractivity contribution is 6.30. The quantitative estimate of drug-likeness (QED) is 0.721. The standard InChI is InChI=1S/C17H19ClN2O4/c18-12-5-1-9(2-6-12)7-13(21)19-20-16(22)14-10-3-4-11(8-10)15(14)17(23)24/h1-2,5-6,10-11,14-15H,3-4,7-8H2,(H,19,21)(H,20,22)(H,23,24)/t10-,11-,14-,15-/m0/s1. The van der Waals surface area contributed by atoms with Gasteiger partial charge in [0.15, 0.2) is 0 Å². The summed E-state index contributed by atoms with van der Waals surface area (Å²) < 4.78 is 0. The second-order valence-electron chi connectivity index (χ2n) is 6.56. The van der Waals surface area contributed by atoms with Crippen molar-refractivity contribution < 1.29 is 19.5 Å². The first-order valence-electron chi connectivity index (χ1n) is 8.01. The summed E-state index contributed by atoms with van der Waals surface area (Å²) in [5, 5.41) is 9.96. The maximum absolute atomic E-state index is 12.3. The third-order valence-corrected chi connectivity index (χ3v) is 5.36. The Morgan fingerprint density at radius 2 is 1.67 bits per heavy atom. The smallest absolute Gasteiger partial charge is 0.307 e. The molecule has 0 spiro atoms. The summed E-state index contributed by atoms with van der Waals surface area (Å²) in [4.78, 5) is 35.7. The second kappa shape index (κ2) is 6.81. The number of rotatable bonds is 4. The second-order valence-corrected chi connectivity index (χ2v) is 7.00. The highest BCUT2D eigenvalue weighted by Crippen LogP contribution is 2.52. The average molecular weight is 351 g/mol. The number of amides is 2. The molecule has 3 N–H and O–H groups in total. The van der Waals surface area contributed by atoms with Crippen LogP contribution >= 0.6 is 11.6 Å². The van der Waals surface area contributed by atoms with Crippen LogP contribution in [0.15, 0.2) is 24.3 Å². The highest BCUT2D eigenvalue weighted by Gasteiger charge is 2.54. The number of hydrazine groups is 1. The molecule has 7 heteroatoms. The Kier molecular flexibility index (Phi) is 4.76. The molecule has 3 rings (SSSR count). The van der Waals surface area contributed by atoms with Gasteiger partial charge in [0.05, 0.1) is 18.3 Å². The number of benzene rings is 1. The lowest BCUT2D eigenvalue weighted by molar-refractivity contribution is -0.149. The fourth-order valence-corrected chi connectivity index (χ4v) is 4.20. The molecule has 2 aliphatic carbocycles. The number of carbonyl (C=O) groups is 3. The number of hydrogen-bond acceptors (Lipinski definition) is 3. The lowest BCUT2D eigenvalue weighted by Crippen LogP contribution is -2.49. The van der Waals surface area contributed by atoms with Crippen LogP contribution in [-0.2, 0) is 20.8 Å². The lowest BCUT2D eigenvalue weighted by atomic mass is 9.79. The third-order valence-electron chi connectivity index (χ3n) is 5.11. The number of carboxylic acid groups (broad SMARTS) is 1. The molecule has 2 bridgehead atoms. The van der Waals surface area contributed by atoms with Crippen molar-refractivity contribution in [1.29, 1.82) is 0 Å². The summed E-state index contributed by atoms with van der Waals surface area (Å²) in [5.74, 6) is -2.71. The predicted octanol–water partition coefficient (Wildman–Crippen LogP) is 1.78. The minimum atomic E-state index is -0.921. The van der Waals surface area contributed by atoms with Gasteiger partial charge >= 0.3 is 5.97 Å². The van der Waals surface area contributed by atoms with Crippen molar-refractivity contribution in [3.05, 3.63) is 34.9 Å². The highest BCUT2D eigenvalue weighted by atomic mass is 35.5. The van der Waals surface area contributed by atoms with Crippen LogP contribution in [0.4, 0.5) is 0 Å². The SMILES string of the molecule is O=C(Cc1ccc(Cl)cc1)NNC(=O)[C@H]1[C@H]2CC[C@@H](C2)[C@@H]1C(=O)O. The minimum absolute atomic E-state index is 0.0769. The van der Waals surface area contributed by atoms with E-state index in [-0.39, 0.29) is 24.2 Å². The van der Waals surface area contributed by atoms with Gasteiger partial charge in [0.25, 0.3) is 0 Å². The van der Waals surface area contributed by atoms with Gasteiger partial charge in [-0.05, 0) is 48.8 Å². The van der Waals surface area contributed by atoms with E-state index in [1.807, 2.05) is 0 Å². The van der Waals surface area contributed by atoms with Crippen molar-refractivity contribution >= 4 is 29.4 Å². The Balaban J connectivity index is 1.54. The molecule has 2 fully saturated rings. The van der Waals surface area contributed by atoms with Gasteiger partial charge in [0, 0.05) is 5.02 Å². The molecule has 2 aliphatic rings. The first-order chi connectivity index (χ1) is 11.5. The van der Waals surface area contributed by atoms with Crippen LogP contribution in [0.1, 0.15) is 24.8 Å². The van der Waals surface area contributed by atoms with Gasteiger partial charge in [-0.25, -0.2) is 0 Å². The first-order valence-corrected chi connectivity index (χ1v) is 8.39. The molecule has 0 aromatic heterocycles. The van der Waals surface area contributed by atoms with Gasteiger partial charge < -0.3 is 5.11 Å². The molecule has 4 atom stereocenters. The van der Waals surface area contributed by atoms with Crippen molar-refractivity contribution in [3.63, 3.8) is 0 Å². The van der Waals surface area contributed by atoms with E-state index in [1.54, 1.807) is 24.3 Å². The van der Waals surface area contributed by atoms with Gasteiger partial charge in [0.1, 0.15) is 0 Å². The molecule has 1 aromatic rings. The Morgan fingerprint density at radius 3 is 2.29 bits per heavy atom. The molecule has 6 nitrogen and oxygen atoms in total. The lowest BCUT2D eigenvalue weighted by Gasteiger charge is -2.26. The summed E-state index contributed by atoms with van der Waals surface area (Å²) >= 11 is 5.79. The van der Waals surface area contributed by atoms with Gasteiger partial charge in [-0.2, -0.15) is 0 Å². The maximum atomic E-state index is 12.3. The first kappa shape index (κ1) is 16.8. The minimum Gasteiger partial charge on any atom is -0.481 e. The van der Waals surface area contributed by atoms with Crippen molar-refractivity contribution in [1.82, 2.24) is 10.9 Å². The molecule has 0 radical (unpaired) electrons. The Hall–Kier alpha value is -2.08. The van der Waals surface area contributed by atoms with Gasteiger partial charge in [-0.3, -0.25) is 25.2 Å². The molecular formula is C17H19ClN2O4. The zero-order valence-electron chi connectivity index (χ0n) is 13.0. The maximum Gasteiger partial charge on any atom is 0.307 e. The van der Waals surface area contributed by atoms with Crippen molar-refractivity contribution in [2.24, 2.45) is 23.7 Å². The number of nitrogens with one attached hydrogen (secondary N) is 2. The molecule has 24 heavy (non-hydrogen) atoms. The molecule has 128 valence electrons. The zero-order chi connectivity index (χ0) is 17.3. The average Bonchev–Trinajstić information content (AvgIpc) is 3.15. The van der Waals surface area contributed by atoms with E-state index in [0.717, 1.165) is 24.8 Å². The van der Waals surface area contributed by atoms with Crippen LogP contribution in [0, 0.1) is 23.7 Å². The molecular weight excluding hydrogens is 332 g/mol. The number of carboxylic acids is 1. The fourth-order valence-electron chi connectivity index (χ4n) is 4.07. The normalized spacial score (nSPS) is 27.7. The number of fused-ring (bicyclic) bond motifs is 2. The number of carbonyl (C=O) groups excluding carboxylic acids is 2. The van der Waals surface area contributed by atoms with E-state index in [0.29, 0.717) is 5.02 Å². The van der Waals surface area contributed by atoms with E-state index in [9.17, 15) is 19.5 Å². The van der Waals surface area contributed by atoms with Gasteiger partial charge in [0.2, 0.25) is 11.8 Å². The van der Waals surface area contributed by atoms with E-state index < -0.39 is 23.7 Å². The Bertz CT molecular complexity index is 661. The van der Waals surface area contributed by atoms with Gasteiger partial charge in [-0.1, -0.05) is 23.7 Å². The summed E-state index contributed by atoms with van der Waals surface area (Å²) in [6, 6.07) is 6.85. The number of halogens is 1. The molecule has 1 aromatic carbocycles. The molecule has 2 amide bonds. The van der Waals surface area contributed by atoms with Crippen LogP contribution in [0.2, 0.25) is 5.02 Å². The topological polar surface area (TPSA) is 95.5 Å². The molecule has 0 aliphatic heterocycles. The van der Waals surface area contributed by atoms with Crippen molar-refractivity contribution in [2.45, 2.75) is 25.7 Å². The Morgan fingerprint density at radius 1 is 1.04 bits per heavy atom. The summed E-state index contributed by atoms with van der Waals surface area (Å²) in [5.41, 5.74) is 5.55. The van der Waals surface area contributed by atoms with Crippen LogP contribution < -0.4 is 10.9 Å². The van der Waals surface area contributed by atoms with Crippen LogP contribution in [-0.4, -0.2) is 22.9 Å². The van der Waals surface area contributed by atoms with Crippen molar-refractivity contribution in [3.8, 4) is 0 Å². The van der Waals surface area contributed by atoms with Gasteiger partial charge in [-0.15, -0.1) is 0 Å². The van der Waals surface area contributed by atoms with Crippen LogP contribution in [0.25, 0.3) is 0 Å². The number of hydrogen-bond donors (Lipinski definition) is 3. The molecule has 0 saturated heterocycles. The molecule has 0 unspecified atom stereocenters. The number of aliphatic carboxylic acids is 1. The molecule has 2 saturated carbocycles. The monoisotopic (exact) mass is 350 g/mol. The fraction of sp³-hybridized carbons (Fsp3) is 0.471. The zero-order valence-corrected chi connectivity index (χ0v) is 13.8. The Labute approximate surface area is 144 Å². The van der Waals surface area contributed by atoms with E-state index in [4.69, 9.17) is 11.6 Å². The van der Waals surface area contributed by atoms with E-state index >= 15 is 0 Å². The summed E-state index contributed by atoms with van der Waals surface area (Å²) in [6.45, 7) is 0. The van der Waals surface area contributed by atoms with Crippen LogP contribution in [0.3, 0.4) is 0 Å².